The standard InChI is InChI=1S/C15H9BrF9NSi/c1-27(2,3)26(14-10(22)5(17)4(16)6(18)11(14)23)15-12(24)8(20)7(19)9(21)13(15)25/h1-3H3. The van der Waals surface area contributed by atoms with E-state index in [1.165, 1.54) is 19.6 Å². The van der Waals surface area contributed by atoms with Gasteiger partial charge in [-0.2, -0.15) is 0 Å². The van der Waals surface area contributed by atoms with Crippen LogP contribution in [0.5, 0.6) is 0 Å². The van der Waals surface area contributed by atoms with Crippen LogP contribution in [0.15, 0.2) is 4.47 Å². The molecule has 0 bridgehead atoms. The molecule has 0 radical (unpaired) electrons. The summed E-state index contributed by atoms with van der Waals surface area (Å²) in [4.78, 5) is 0. The fraction of sp³-hybridized carbons (Fsp3) is 0.200. The van der Waals surface area contributed by atoms with Crippen LogP contribution in [0.1, 0.15) is 0 Å². The van der Waals surface area contributed by atoms with E-state index in [0.29, 0.717) is 0 Å². The predicted octanol–water partition coefficient (Wildman–Crippen LogP) is 6.67. The summed E-state index contributed by atoms with van der Waals surface area (Å²) in [7, 11) is -3.45. The van der Waals surface area contributed by atoms with E-state index < -0.39 is 76.4 Å². The van der Waals surface area contributed by atoms with Gasteiger partial charge in [-0.1, -0.05) is 19.6 Å². The molecule has 2 aromatic rings. The van der Waals surface area contributed by atoms with Crippen LogP contribution in [0.3, 0.4) is 0 Å². The molecule has 2 aromatic carbocycles. The highest BCUT2D eigenvalue weighted by Gasteiger charge is 2.40. The zero-order valence-corrected chi connectivity index (χ0v) is 16.3. The summed E-state index contributed by atoms with van der Waals surface area (Å²) in [6, 6.07) is 0. The monoisotopic (exact) mass is 481 g/mol. The van der Waals surface area contributed by atoms with Gasteiger partial charge in [-0.3, -0.25) is 0 Å². The highest BCUT2D eigenvalue weighted by atomic mass is 79.9. The Morgan fingerprint density at radius 1 is 0.519 bits per heavy atom. The predicted molar refractivity (Wildman–Crippen MR) is 85.7 cm³/mol. The van der Waals surface area contributed by atoms with E-state index in [1.54, 1.807) is 0 Å². The van der Waals surface area contributed by atoms with Crippen molar-refractivity contribution in [2.75, 3.05) is 4.57 Å². The van der Waals surface area contributed by atoms with E-state index in [-0.39, 0.29) is 4.57 Å². The summed E-state index contributed by atoms with van der Waals surface area (Å²) in [6.45, 7) is 3.63. The molecule has 148 valence electrons. The second-order valence-corrected chi connectivity index (χ2v) is 11.9. The van der Waals surface area contributed by atoms with Crippen molar-refractivity contribution in [1.82, 2.24) is 0 Å². The van der Waals surface area contributed by atoms with Crippen molar-refractivity contribution in [2.24, 2.45) is 0 Å². The maximum Gasteiger partial charge on any atom is 0.200 e. The summed E-state index contributed by atoms with van der Waals surface area (Å²) < 4.78 is 124. The zero-order valence-electron chi connectivity index (χ0n) is 13.7. The molecule has 1 nitrogen and oxygen atoms in total. The van der Waals surface area contributed by atoms with Gasteiger partial charge in [0.1, 0.15) is 11.4 Å². The highest BCUT2D eigenvalue weighted by molar-refractivity contribution is 9.10. The molecule has 0 saturated heterocycles. The Balaban J connectivity index is 3.04. The van der Waals surface area contributed by atoms with E-state index >= 15 is 0 Å². The molecule has 0 fully saturated rings. The van der Waals surface area contributed by atoms with Gasteiger partial charge < -0.3 is 4.57 Å². The summed E-state index contributed by atoms with van der Waals surface area (Å²) in [6.07, 6.45) is 0. The molecule has 0 aliphatic carbocycles. The summed E-state index contributed by atoms with van der Waals surface area (Å²) >= 11 is 2.28. The first-order valence-corrected chi connectivity index (χ1v) is 11.3. The van der Waals surface area contributed by atoms with Crippen LogP contribution in [0, 0.1) is 52.4 Å². The molecule has 0 amide bonds. The smallest absolute Gasteiger partial charge is 0.200 e. The Hall–Kier alpha value is -1.69. The fourth-order valence-electron chi connectivity index (χ4n) is 2.36. The van der Waals surface area contributed by atoms with Gasteiger partial charge in [0.05, 0.1) is 4.47 Å². The minimum absolute atomic E-state index is 0.104. The molecule has 0 N–H and O–H groups in total. The maximum atomic E-state index is 14.4. The molecule has 27 heavy (non-hydrogen) atoms. The molecule has 0 saturated carbocycles. The largest absolute Gasteiger partial charge is 0.360 e. The van der Waals surface area contributed by atoms with Crippen LogP contribution < -0.4 is 4.57 Å². The fourth-order valence-corrected chi connectivity index (χ4v) is 4.44. The lowest BCUT2D eigenvalue weighted by Gasteiger charge is -2.37. The number of rotatable bonds is 3. The summed E-state index contributed by atoms with van der Waals surface area (Å²) in [5.74, 6) is -20.0. The number of hydrogen-bond donors (Lipinski definition) is 0. The van der Waals surface area contributed by atoms with E-state index in [4.69, 9.17) is 0 Å². The Labute approximate surface area is 156 Å². The van der Waals surface area contributed by atoms with Gasteiger partial charge in [-0.05, 0) is 15.9 Å². The normalized spacial score (nSPS) is 11.9. The molecule has 12 heteroatoms. The van der Waals surface area contributed by atoms with E-state index in [9.17, 15) is 39.5 Å². The van der Waals surface area contributed by atoms with E-state index in [2.05, 4.69) is 15.9 Å². The van der Waals surface area contributed by atoms with Crippen LogP contribution in [-0.4, -0.2) is 8.24 Å². The van der Waals surface area contributed by atoms with E-state index in [1.807, 2.05) is 0 Å². The highest BCUT2D eigenvalue weighted by Crippen LogP contribution is 2.43. The third-order valence-electron chi connectivity index (χ3n) is 3.49. The number of benzene rings is 2. The third-order valence-corrected chi connectivity index (χ3v) is 5.98. The van der Waals surface area contributed by atoms with Crippen LogP contribution in [0.4, 0.5) is 50.9 Å². The average Bonchev–Trinajstić information content (AvgIpc) is 2.59. The van der Waals surface area contributed by atoms with Crippen molar-refractivity contribution >= 4 is 35.5 Å². The van der Waals surface area contributed by atoms with Gasteiger partial charge >= 0.3 is 0 Å². The first kappa shape index (κ1) is 21.6. The first-order chi connectivity index (χ1) is 12.2. The SMILES string of the molecule is C[Si](C)(C)N(c1c(F)c(F)c(F)c(F)c1F)c1c(F)c(F)c(Br)c(F)c1F. The van der Waals surface area contributed by atoms with Crippen LogP contribution in [0.25, 0.3) is 0 Å². The molecular formula is C15H9BrF9NSi. The van der Waals surface area contributed by atoms with E-state index in [0.717, 1.165) is 0 Å². The summed E-state index contributed by atoms with van der Waals surface area (Å²) in [5.41, 5.74) is -3.31. The quantitative estimate of drug-likeness (QED) is 0.204. The first-order valence-electron chi connectivity index (χ1n) is 7.06. The molecule has 0 aliphatic heterocycles. The topological polar surface area (TPSA) is 3.24 Å². The van der Waals surface area contributed by atoms with Gasteiger partial charge in [-0.25, -0.2) is 39.5 Å². The number of hydrogen-bond acceptors (Lipinski definition) is 1. The second kappa shape index (κ2) is 7.04. The molecule has 0 spiro atoms. The second-order valence-electron chi connectivity index (χ2n) is 6.34. The Kier molecular flexibility index (Phi) is 5.63. The lowest BCUT2D eigenvalue weighted by atomic mass is 10.2. The van der Waals surface area contributed by atoms with Gasteiger partial charge in [0, 0.05) is 0 Å². The minimum Gasteiger partial charge on any atom is -0.360 e. The number of nitrogens with zero attached hydrogens (tertiary/aromatic N) is 1. The Morgan fingerprint density at radius 2 is 0.778 bits per heavy atom. The molecule has 0 aliphatic rings. The lowest BCUT2D eigenvalue weighted by Crippen LogP contribution is -2.45. The van der Waals surface area contributed by atoms with Crippen molar-refractivity contribution in [3.63, 3.8) is 0 Å². The van der Waals surface area contributed by atoms with Crippen LogP contribution >= 0.6 is 15.9 Å². The summed E-state index contributed by atoms with van der Waals surface area (Å²) in [5, 5.41) is 0. The third kappa shape index (κ3) is 3.33. The van der Waals surface area contributed by atoms with Crippen molar-refractivity contribution in [3.8, 4) is 0 Å². The molecule has 0 atom stereocenters. The van der Waals surface area contributed by atoms with Gasteiger partial charge in [0.15, 0.2) is 54.8 Å². The minimum atomic E-state index is -3.45. The molecule has 2 rings (SSSR count). The van der Waals surface area contributed by atoms with Gasteiger partial charge in [0.2, 0.25) is 5.82 Å². The van der Waals surface area contributed by atoms with Crippen molar-refractivity contribution < 1.29 is 39.5 Å². The van der Waals surface area contributed by atoms with Crippen molar-refractivity contribution in [2.45, 2.75) is 19.6 Å². The van der Waals surface area contributed by atoms with Crippen molar-refractivity contribution in [3.05, 3.63) is 56.8 Å². The van der Waals surface area contributed by atoms with Gasteiger partial charge in [-0.15, -0.1) is 0 Å². The van der Waals surface area contributed by atoms with Crippen LogP contribution in [0.2, 0.25) is 19.6 Å². The lowest BCUT2D eigenvalue weighted by molar-refractivity contribution is 0.380. The average molecular weight is 482 g/mol. The molecular weight excluding hydrogens is 473 g/mol. The Bertz CT molecular complexity index is 815. The van der Waals surface area contributed by atoms with Gasteiger partial charge in [0.25, 0.3) is 0 Å². The molecule has 0 unspecified atom stereocenters. The molecule has 0 aromatic heterocycles. The Morgan fingerprint density at radius 3 is 1.07 bits per heavy atom. The zero-order chi connectivity index (χ0) is 21.0. The maximum absolute atomic E-state index is 14.4. The van der Waals surface area contributed by atoms with Crippen LogP contribution in [-0.2, 0) is 0 Å². The molecule has 0 heterocycles. The van der Waals surface area contributed by atoms with Crippen molar-refractivity contribution in [1.29, 1.82) is 0 Å². The number of halogens is 10. The number of anilines is 2.